The van der Waals surface area contributed by atoms with Gasteiger partial charge in [-0.05, 0) is 24.1 Å². The van der Waals surface area contributed by atoms with Crippen molar-refractivity contribution in [2.75, 3.05) is 17.7 Å². The molecule has 1 N–H and O–H groups in total. The molecule has 0 saturated heterocycles. The highest BCUT2D eigenvalue weighted by Crippen LogP contribution is 2.35. The minimum Gasteiger partial charge on any atom is -0.462 e. The van der Waals surface area contributed by atoms with E-state index in [9.17, 15) is 9.59 Å². The number of nitrogens with zero attached hydrogens (tertiary/aromatic N) is 2. The summed E-state index contributed by atoms with van der Waals surface area (Å²) in [6, 6.07) is 21.3. The Hall–Kier alpha value is -3.43. The summed E-state index contributed by atoms with van der Waals surface area (Å²) < 4.78 is 10.8. The van der Waals surface area contributed by atoms with Gasteiger partial charge in [-0.1, -0.05) is 72.4 Å². The molecule has 33 heavy (non-hydrogen) atoms. The Kier molecular flexibility index (Phi) is 7.54. The van der Waals surface area contributed by atoms with Crippen LogP contribution in [0.2, 0.25) is 0 Å². The van der Waals surface area contributed by atoms with Crippen LogP contribution >= 0.6 is 23.1 Å². The number of esters is 1. The van der Waals surface area contributed by atoms with Crippen LogP contribution in [0.15, 0.2) is 76.4 Å². The third-order valence-electron chi connectivity index (χ3n) is 4.50. The minimum atomic E-state index is -0.463. The monoisotopic (exact) mass is 479 g/mol. The molecule has 0 atom stereocenters. The van der Waals surface area contributed by atoms with Gasteiger partial charge in [0, 0.05) is 4.88 Å². The number of amides is 1. The SMILES string of the molecule is CCOC(=O)c1sc(-c2ccccc2)cc1NC(=O)CSc1nnc(Cc2ccccc2)o1. The lowest BCUT2D eigenvalue weighted by Crippen LogP contribution is -2.16. The molecule has 0 bridgehead atoms. The lowest BCUT2D eigenvalue weighted by atomic mass is 10.2. The van der Waals surface area contributed by atoms with Gasteiger partial charge in [0.15, 0.2) is 0 Å². The summed E-state index contributed by atoms with van der Waals surface area (Å²) in [6.07, 6.45) is 0.528. The number of hydrogen-bond donors (Lipinski definition) is 1. The maximum atomic E-state index is 12.6. The summed E-state index contributed by atoms with van der Waals surface area (Å²) in [4.78, 5) is 26.2. The van der Waals surface area contributed by atoms with Gasteiger partial charge in [0.25, 0.3) is 5.22 Å². The first-order chi connectivity index (χ1) is 16.1. The minimum absolute atomic E-state index is 0.0613. The number of carbonyl (C=O) groups excluding carboxylic acids is 2. The topological polar surface area (TPSA) is 94.3 Å². The summed E-state index contributed by atoms with van der Waals surface area (Å²) in [5.41, 5.74) is 2.45. The summed E-state index contributed by atoms with van der Waals surface area (Å²) in [5.74, 6) is -0.203. The molecule has 4 aromatic rings. The van der Waals surface area contributed by atoms with Crippen molar-refractivity contribution in [2.45, 2.75) is 18.6 Å². The van der Waals surface area contributed by atoms with E-state index in [0.717, 1.165) is 27.8 Å². The van der Waals surface area contributed by atoms with E-state index in [4.69, 9.17) is 9.15 Å². The van der Waals surface area contributed by atoms with Gasteiger partial charge in [0.1, 0.15) is 4.88 Å². The predicted octanol–water partition coefficient (Wildman–Crippen LogP) is 5.30. The first kappa shape index (κ1) is 22.8. The lowest BCUT2D eigenvalue weighted by Gasteiger charge is -2.05. The highest BCUT2D eigenvalue weighted by Gasteiger charge is 2.20. The number of ether oxygens (including phenoxy) is 1. The summed E-state index contributed by atoms with van der Waals surface area (Å²) in [7, 11) is 0. The number of thioether (sulfide) groups is 1. The molecule has 0 spiro atoms. The van der Waals surface area contributed by atoms with Crippen molar-refractivity contribution in [2.24, 2.45) is 0 Å². The molecule has 0 aliphatic heterocycles. The van der Waals surface area contributed by atoms with E-state index in [1.54, 1.807) is 13.0 Å². The molecule has 1 amide bonds. The van der Waals surface area contributed by atoms with Crippen LogP contribution < -0.4 is 5.32 Å². The summed E-state index contributed by atoms with van der Waals surface area (Å²) in [5, 5.41) is 11.2. The van der Waals surface area contributed by atoms with Crippen molar-refractivity contribution in [3.63, 3.8) is 0 Å². The van der Waals surface area contributed by atoms with Crippen LogP contribution in [0.4, 0.5) is 5.69 Å². The highest BCUT2D eigenvalue weighted by molar-refractivity contribution is 7.99. The molecule has 4 rings (SSSR count). The average molecular weight is 480 g/mol. The van der Waals surface area contributed by atoms with E-state index in [2.05, 4.69) is 15.5 Å². The van der Waals surface area contributed by atoms with Gasteiger partial charge >= 0.3 is 5.97 Å². The number of aromatic nitrogens is 2. The van der Waals surface area contributed by atoms with Crippen molar-refractivity contribution >= 4 is 40.7 Å². The Morgan fingerprint density at radius 1 is 1.06 bits per heavy atom. The van der Waals surface area contributed by atoms with Crippen LogP contribution in [-0.4, -0.2) is 34.4 Å². The van der Waals surface area contributed by atoms with Crippen LogP contribution in [0.5, 0.6) is 0 Å². The number of rotatable bonds is 9. The second-order valence-electron chi connectivity index (χ2n) is 6.90. The quantitative estimate of drug-likeness (QED) is 0.257. The Morgan fingerprint density at radius 3 is 2.52 bits per heavy atom. The number of carbonyl (C=O) groups is 2. The predicted molar refractivity (Wildman–Crippen MR) is 129 cm³/mol. The molecule has 0 radical (unpaired) electrons. The van der Waals surface area contributed by atoms with Crippen LogP contribution in [0, 0.1) is 0 Å². The number of thiophene rings is 1. The van der Waals surface area contributed by atoms with Crippen LogP contribution in [0.3, 0.4) is 0 Å². The zero-order chi connectivity index (χ0) is 23.0. The second-order valence-corrected chi connectivity index (χ2v) is 8.88. The number of hydrogen-bond acceptors (Lipinski definition) is 8. The Balaban J connectivity index is 1.40. The number of anilines is 1. The molecule has 0 aliphatic carbocycles. The maximum Gasteiger partial charge on any atom is 0.350 e. The molecule has 9 heteroatoms. The molecule has 7 nitrogen and oxygen atoms in total. The number of benzene rings is 2. The fourth-order valence-corrected chi connectivity index (χ4v) is 4.62. The van der Waals surface area contributed by atoms with Crippen molar-refractivity contribution in [3.8, 4) is 10.4 Å². The fourth-order valence-electron chi connectivity index (χ4n) is 3.03. The van der Waals surface area contributed by atoms with Gasteiger partial charge in [-0.2, -0.15) is 0 Å². The van der Waals surface area contributed by atoms with Gasteiger partial charge in [0.2, 0.25) is 11.8 Å². The molecule has 2 heterocycles. The first-order valence-electron chi connectivity index (χ1n) is 10.3. The molecule has 2 aromatic heterocycles. The van der Waals surface area contributed by atoms with Crippen LogP contribution in [0.25, 0.3) is 10.4 Å². The second kappa shape index (κ2) is 10.9. The fraction of sp³-hybridized carbons (Fsp3) is 0.167. The van der Waals surface area contributed by atoms with Gasteiger partial charge in [-0.3, -0.25) is 4.79 Å². The zero-order valence-corrected chi connectivity index (χ0v) is 19.4. The van der Waals surface area contributed by atoms with E-state index >= 15 is 0 Å². The largest absolute Gasteiger partial charge is 0.462 e. The third-order valence-corrected chi connectivity index (χ3v) is 6.48. The molecule has 0 saturated carbocycles. The van der Waals surface area contributed by atoms with Crippen LogP contribution in [-0.2, 0) is 16.0 Å². The van der Waals surface area contributed by atoms with Crippen molar-refractivity contribution in [3.05, 3.63) is 83.1 Å². The van der Waals surface area contributed by atoms with Gasteiger partial charge in [0.05, 0.1) is 24.5 Å². The molecule has 0 unspecified atom stereocenters. The molecular weight excluding hydrogens is 458 g/mol. The van der Waals surface area contributed by atoms with Crippen molar-refractivity contribution in [1.82, 2.24) is 10.2 Å². The molecule has 2 aromatic carbocycles. The number of nitrogens with one attached hydrogen (secondary N) is 1. The van der Waals surface area contributed by atoms with Crippen molar-refractivity contribution < 1.29 is 18.7 Å². The molecule has 168 valence electrons. The van der Waals surface area contributed by atoms with E-state index in [1.165, 1.54) is 11.3 Å². The summed E-state index contributed by atoms with van der Waals surface area (Å²) in [6.45, 7) is 2.00. The Labute approximate surface area is 199 Å². The average Bonchev–Trinajstić information content (AvgIpc) is 3.46. The van der Waals surface area contributed by atoms with Gasteiger partial charge < -0.3 is 14.5 Å². The lowest BCUT2D eigenvalue weighted by molar-refractivity contribution is -0.113. The molecule has 0 aliphatic rings. The Morgan fingerprint density at radius 2 is 1.79 bits per heavy atom. The first-order valence-corrected chi connectivity index (χ1v) is 12.1. The van der Waals surface area contributed by atoms with E-state index in [1.807, 2.05) is 60.7 Å². The van der Waals surface area contributed by atoms with Crippen molar-refractivity contribution in [1.29, 1.82) is 0 Å². The Bertz CT molecular complexity index is 1220. The van der Waals surface area contributed by atoms with E-state index in [-0.39, 0.29) is 18.3 Å². The summed E-state index contributed by atoms with van der Waals surface area (Å²) >= 11 is 2.43. The van der Waals surface area contributed by atoms with E-state index in [0.29, 0.717) is 28.1 Å². The normalized spacial score (nSPS) is 10.7. The third kappa shape index (κ3) is 6.09. The van der Waals surface area contributed by atoms with Gasteiger partial charge in [-0.25, -0.2) is 4.79 Å². The van der Waals surface area contributed by atoms with Gasteiger partial charge in [-0.15, -0.1) is 21.5 Å². The zero-order valence-electron chi connectivity index (χ0n) is 17.8. The van der Waals surface area contributed by atoms with E-state index < -0.39 is 5.97 Å². The standard InChI is InChI=1S/C24H21N3O4S2/c1-2-30-23(29)22-18(14-19(33-22)17-11-7-4-8-12-17)25-20(28)15-32-24-27-26-21(31-24)13-16-9-5-3-6-10-16/h3-12,14H,2,13,15H2,1H3,(H,25,28). The maximum absolute atomic E-state index is 12.6. The smallest absolute Gasteiger partial charge is 0.350 e. The highest BCUT2D eigenvalue weighted by atomic mass is 32.2. The van der Waals surface area contributed by atoms with Crippen LogP contribution in [0.1, 0.15) is 28.0 Å². The molecular formula is C24H21N3O4S2. The molecule has 0 fully saturated rings.